The summed E-state index contributed by atoms with van der Waals surface area (Å²) in [6.07, 6.45) is 1.04. The molecule has 2 aliphatic heterocycles. The Morgan fingerprint density at radius 1 is 1.11 bits per heavy atom. The third kappa shape index (κ3) is 3.38. The normalized spacial score (nSPS) is 19.1. The Morgan fingerprint density at radius 2 is 1.79 bits per heavy atom. The van der Waals surface area contributed by atoms with Crippen LogP contribution in [-0.2, 0) is 11.3 Å². The molecule has 0 aliphatic carbocycles. The van der Waals surface area contributed by atoms with Gasteiger partial charge < -0.3 is 10.2 Å². The molecule has 0 atom stereocenters. The molecule has 0 aromatic heterocycles. The fraction of sp³-hybridized carbons (Fsp3) is 0.333. The number of halogens is 2. The first-order chi connectivity index (χ1) is 13.5. The molecule has 28 heavy (non-hydrogen) atoms. The summed E-state index contributed by atoms with van der Waals surface area (Å²) in [7, 11) is 0. The number of likely N-dealkylation sites (tertiary alicyclic amines) is 1. The minimum Gasteiger partial charge on any atom is -0.342 e. The topological polar surface area (TPSA) is 52.7 Å². The van der Waals surface area contributed by atoms with Crippen LogP contribution in [0.3, 0.4) is 0 Å². The summed E-state index contributed by atoms with van der Waals surface area (Å²) in [6.45, 7) is 1.93. The molecule has 2 aromatic rings. The van der Waals surface area contributed by atoms with Crippen molar-refractivity contribution in [3.8, 4) is 0 Å². The van der Waals surface area contributed by atoms with Crippen LogP contribution < -0.4 is 5.32 Å². The van der Waals surface area contributed by atoms with E-state index in [1.165, 1.54) is 12.1 Å². The number of carbonyl (C=O) groups excluding carboxylic acids is 2. The second-order valence-corrected chi connectivity index (χ2v) is 7.73. The molecule has 0 unspecified atom stereocenters. The number of amides is 2. The summed E-state index contributed by atoms with van der Waals surface area (Å²) < 4.78 is 14.0. The lowest BCUT2D eigenvalue weighted by molar-refractivity contribution is -0.129. The molecule has 0 bridgehead atoms. The molecule has 7 heteroatoms. The lowest BCUT2D eigenvalue weighted by Crippen LogP contribution is -2.56. The van der Waals surface area contributed by atoms with Crippen LogP contribution in [0.2, 0.25) is 5.02 Å². The zero-order chi connectivity index (χ0) is 19.7. The van der Waals surface area contributed by atoms with Gasteiger partial charge in [0.05, 0.1) is 12.2 Å². The molecule has 2 aromatic carbocycles. The first-order valence-electron chi connectivity index (χ1n) is 9.31. The third-order valence-corrected chi connectivity index (χ3v) is 5.98. The molecular formula is C21H21ClFN3O2. The Balaban J connectivity index is 1.48. The Labute approximate surface area is 168 Å². The smallest absolute Gasteiger partial charge is 0.256 e. The second kappa shape index (κ2) is 7.53. The van der Waals surface area contributed by atoms with Crippen molar-refractivity contribution in [1.29, 1.82) is 0 Å². The predicted octanol–water partition coefficient (Wildman–Crippen LogP) is 3.04. The van der Waals surface area contributed by atoms with Crippen molar-refractivity contribution in [3.05, 3.63) is 70.5 Å². The summed E-state index contributed by atoms with van der Waals surface area (Å²) in [6, 6.07) is 13.6. The molecule has 2 amide bonds. The molecule has 4 rings (SSSR count). The molecule has 0 radical (unpaired) electrons. The number of hydrogen-bond donors (Lipinski definition) is 1. The monoisotopic (exact) mass is 401 g/mol. The van der Waals surface area contributed by atoms with Crippen LogP contribution in [0.1, 0.15) is 28.8 Å². The van der Waals surface area contributed by atoms with Crippen LogP contribution in [0.5, 0.6) is 0 Å². The standard InChI is InChI=1S/C21H21ClFN3O2/c22-16-7-5-15(6-8-16)13-26-14-24-20(28)21(26)9-11-25(12-10-21)19(27)17-3-1-2-4-18(17)23/h1-8H,9-14H2,(H,24,28). The Bertz CT molecular complexity index is 895. The van der Waals surface area contributed by atoms with Crippen molar-refractivity contribution in [2.45, 2.75) is 24.9 Å². The number of rotatable bonds is 3. The van der Waals surface area contributed by atoms with Gasteiger partial charge in [0.1, 0.15) is 11.4 Å². The average molecular weight is 402 g/mol. The molecule has 2 aliphatic rings. The lowest BCUT2D eigenvalue weighted by atomic mass is 9.85. The highest BCUT2D eigenvalue weighted by molar-refractivity contribution is 6.30. The Morgan fingerprint density at radius 3 is 2.46 bits per heavy atom. The van der Waals surface area contributed by atoms with E-state index >= 15 is 0 Å². The van der Waals surface area contributed by atoms with Gasteiger partial charge in [0.25, 0.3) is 5.91 Å². The summed E-state index contributed by atoms with van der Waals surface area (Å²) in [5, 5.41) is 3.62. The van der Waals surface area contributed by atoms with Gasteiger partial charge in [0.15, 0.2) is 0 Å². The van der Waals surface area contributed by atoms with Crippen LogP contribution in [0.15, 0.2) is 48.5 Å². The fourth-order valence-electron chi connectivity index (χ4n) is 4.07. The van der Waals surface area contributed by atoms with Gasteiger partial charge in [0, 0.05) is 24.7 Å². The van der Waals surface area contributed by atoms with Gasteiger partial charge in [-0.1, -0.05) is 35.9 Å². The van der Waals surface area contributed by atoms with E-state index in [2.05, 4.69) is 10.2 Å². The lowest BCUT2D eigenvalue weighted by Gasteiger charge is -2.42. The Hall–Kier alpha value is -2.44. The zero-order valence-corrected chi connectivity index (χ0v) is 16.1. The molecule has 1 spiro atoms. The largest absolute Gasteiger partial charge is 0.342 e. The van der Waals surface area contributed by atoms with Crippen LogP contribution in [0, 0.1) is 5.82 Å². The Kier molecular flexibility index (Phi) is 5.08. The average Bonchev–Trinajstić information content (AvgIpc) is 2.99. The van der Waals surface area contributed by atoms with Gasteiger partial charge in [-0.05, 0) is 42.7 Å². The van der Waals surface area contributed by atoms with Gasteiger partial charge in [-0.25, -0.2) is 4.39 Å². The molecule has 2 fully saturated rings. The van der Waals surface area contributed by atoms with E-state index in [1.54, 1.807) is 17.0 Å². The van der Waals surface area contributed by atoms with Crippen molar-refractivity contribution in [2.24, 2.45) is 0 Å². The van der Waals surface area contributed by atoms with Crippen LogP contribution in [0.4, 0.5) is 4.39 Å². The molecule has 146 valence electrons. The molecule has 2 heterocycles. The van der Waals surface area contributed by atoms with Gasteiger partial charge in [0.2, 0.25) is 5.91 Å². The van der Waals surface area contributed by atoms with Crippen LogP contribution in [0.25, 0.3) is 0 Å². The number of piperidine rings is 1. The summed E-state index contributed by atoms with van der Waals surface area (Å²) >= 11 is 5.96. The van der Waals surface area contributed by atoms with E-state index in [1.807, 2.05) is 24.3 Å². The van der Waals surface area contributed by atoms with E-state index in [0.29, 0.717) is 44.2 Å². The van der Waals surface area contributed by atoms with Gasteiger partial charge in [-0.2, -0.15) is 0 Å². The SMILES string of the molecule is O=C(c1ccccc1F)N1CCC2(CC1)C(=O)NCN2Cc1ccc(Cl)cc1. The summed E-state index contributed by atoms with van der Waals surface area (Å²) in [5.41, 5.74) is 0.517. The molecular weight excluding hydrogens is 381 g/mol. The maximum atomic E-state index is 14.0. The van der Waals surface area contributed by atoms with Gasteiger partial charge >= 0.3 is 0 Å². The van der Waals surface area contributed by atoms with Gasteiger partial charge in [-0.3, -0.25) is 14.5 Å². The first kappa shape index (κ1) is 18.9. The summed E-state index contributed by atoms with van der Waals surface area (Å²) in [4.78, 5) is 29.1. The van der Waals surface area contributed by atoms with Crippen molar-refractivity contribution < 1.29 is 14.0 Å². The van der Waals surface area contributed by atoms with E-state index in [9.17, 15) is 14.0 Å². The predicted molar refractivity (Wildman–Crippen MR) is 104 cm³/mol. The molecule has 2 saturated heterocycles. The first-order valence-corrected chi connectivity index (χ1v) is 9.69. The minimum absolute atomic E-state index is 0.000505. The maximum Gasteiger partial charge on any atom is 0.256 e. The third-order valence-electron chi connectivity index (χ3n) is 5.73. The van der Waals surface area contributed by atoms with Gasteiger partial charge in [-0.15, -0.1) is 0 Å². The van der Waals surface area contributed by atoms with Crippen LogP contribution >= 0.6 is 11.6 Å². The van der Waals surface area contributed by atoms with Crippen molar-refractivity contribution in [3.63, 3.8) is 0 Å². The maximum absolute atomic E-state index is 14.0. The highest BCUT2D eigenvalue weighted by Crippen LogP contribution is 2.34. The molecule has 5 nitrogen and oxygen atoms in total. The minimum atomic E-state index is -0.633. The quantitative estimate of drug-likeness (QED) is 0.860. The van der Waals surface area contributed by atoms with Crippen molar-refractivity contribution >= 4 is 23.4 Å². The second-order valence-electron chi connectivity index (χ2n) is 7.29. The number of benzene rings is 2. The highest BCUT2D eigenvalue weighted by Gasteiger charge is 2.50. The van der Waals surface area contributed by atoms with E-state index < -0.39 is 11.4 Å². The zero-order valence-electron chi connectivity index (χ0n) is 15.3. The molecule has 1 N–H and O–H groups in total. The fourth-order valence-corrected chi connectivity index (χ4v) is 4.20. The summed E-state index contributed by atoms with van der Waals surface area (Å²) in [5.74, 6) is -0.842. The van der Waals surface area contributed by atoms with Crippen molar-refractivity contribution in [2.75, 3.05) is 19.8 Å². The van der Waals surface area contributed by atoms with Crippen molar-refractivity contribution in [1.82, 2.24) is 15.1 Å². The van der Waals surface area contributed by atoms with E-state index in [4.69, 9.17) is 11.6 Å². The van der Waals surface area contributed by atoms with Crippen LogP contribution in [-0.4, -0.2) is 46.9 Å². The van der Waals surface area contributed by atoms with E-state index in [-0.39, 0.29) is 17.4 Å². The van der Waals surface area contributed by atoms with E-state index in [0.717, 1.165) is 5.56 Å². The number of nitrogens with one attached hydrogen (secondary N) is 1. The number of carbonyl (C=O) groups is 2. The highest BCUT2D eigenvalue weighted by atomic mass is 35.5. The molecule has 0 saturated carbocycles. The number of nitrogens with zero attached hydrogens (tertiary/aromatic N) is 2. The number of hydrogen-bond acceptors (Lipinski definition) is 3.